The first-order valence-electron chi connectivity index (χ1n) is 9.06. The molecule has 2 heterocycles. The lowest BCUT2D eigenvalue weighted by Crippen LogP contribution is -2.36. The topological polar surface area (TPSA) is 59.0 Å². The number of carbonyl (C=O) groups is 1. The zero-order chi connectivity index (χ0) is 22.3. The van der Waals surface area contributed by atoms with E-state index in [-0.39, 0.29) is 22.8 Å². The standard InChI is InChI=1S/C20H14BrCl2F3N4O/c21-11-3-1-10(2-4-11)16-8-17(20(24,25)26)30-18(29-16)13(9-27-30)19(31)28-12-5-6-14(22)15(23)7-12/h1-7,9,16-17,29H,8H2,(H,28,31)/t16-,17+/m1/s1. The summed E-state index contributed by atoms with van der Waals surface area (Å²) in [7, 11) is 0. The van der Waals surface area contributed by atoms with Crippen LogP contribution in [-0.4, -0.2) is 21.9 Å². The Labute approximate surface area is 193 Å². The Morgan fingerprint density at radius 1 is 1.16 bits per heavy atom. The molecular formula is C20H14BrCl2F3N4O. The number of nitrogens with zero attached hydrogens (tertiary/aromatic N) is 2. The van der Waals surface area contributed by atoms with Gasteiger partial charge in [-0.3, -0.25) is 4.79 Å². The highest BCUT2D eigenvalue weighted by molar-refractivity contribution is 9.10. The lowest BCUT2D eigenvalue weighted by atomic mass is 9.96. The molecule has 3 aromatic rings. The van der Waals surface area contributed by atoms with Crippen LogP contribution in [-0.2, 0) is 0 Å². The molecule has 1 aromatic heterocycles. The third-order valence-corrected chi connectivity index (χ3v) is 6.20. The van der Waals surface area contributed by atoms with Gasteiger partial charge in [0.2, 0.25) is 0 Å². The van der Waals surface area contributed by atoms with Gasteiger partial charge in [-0.05, 0) is 35.9 Å². The Morgan fingerprint density at radius 2 is 1.87 bits per heavy atom. The van der Waals surface area contributed by atoms with E-state index in [1.54, 1.807) is 30.3 Å². The summed E-state index contributed by atoms with van der Waals surface area (Å²) in [6.07, 6.45) is -3.67. The Balaban J connectivity index is 1.68. The number of fused-ring (bicyclic) bond motifs is 1. The first kappa shape index (κ1) is 22.0. The molecule has 0 unspecified atom stereocenters. The fourth-order valence-corrected chi connectivity index (χ4v) is 3.98. The van der Waals surface area contributed by atoms with Gasteiger partial charge in [-0.1, -0.05) is 51.3 Å². The largest absolute Gasteiger partial charge is 0.410 e. The number of anilines is 2. The molecule has 0 aliphatic carbocycles. The summed E-state index contributed by atoms with van der Waals surface area (Å²) >= 11 is 15.2. The van der Waals surface area contributed by atoms with Gasteiger partial charge >= 0.3 is 6.18 Å². The van der Waals surface area contributed by atoms with Gasteiger partial charge in [0.05, 0.1) is 22.3 Å². The minimum absolute atomic E-state index is 0.000876. The highest BCUT2D eigenvalue weighted by Crippen LogP contribution is 2.44. The molecule has 162 valence electrons. The van der Waals surface area contributed by atoms with Gasteiger partial charge in [0, 0.05) is 16.6 Å². The van der Waals surface area contributed by atoms with E-state index < -0.39 is 24.2 Å². The van der Waals surface area contributed by atoms with Crippen molar-refractivity contribution in [1.29, 1.82) is 0 Å². The lowest BCUT2D eigenvalue weighted by Gasteiger charge is -2.34. The second-order valence-electron chi connectivity index (χ2n) is 6.98. The zero-order valence-electron chi connectivity index (χ0n) is 15.6. The van der Waals surface area contributed by atoms with Crippen LogP contribution in [0.25, 0.3) is 0 Å². The van der Waals surface area contributed by atoms with Crippen molar-refractivity contribution in [3.05, 3.63) is 74.3 Å². The minimum Gasteiger partial charge on any atom is -0.363 e. The molecule has 31 heavy (non-hydrogen) atoms. The summed E-state index contributed by atoms with van der Waals surface area (Å²) in [6, 6.07) is 8.95. The maximum atomic E-state index is 13.8. The fraction of sp³-hybridized carbons (Fsp3) is 0.200. The van der Waals surface area contributed by atoms with E-state index >= 15 is 0 Å². The van der Waals surface area contributed by atoms with Crippen LogP contribution in [0, 0.1) is 0 Å². The van der Waals surface area contributed by atoms with Crippen LogP contribution in [0.15, 0.2) is 53.1 Å². The lowest BCUT2D eigenvalue weighted by molar-refractivity contribution is -0.173. The molecule has 1 aliphatic heterocycles. The third-order valence-electron chi connectivity index (χ3n) is 4.93. The predicted molar refractivity (Wildman–Crippen MR) is 117 cm³/mol. The van der Waals surface area contributed by atoms with Crippen LogP contribution in [0.1, 0.15) is 34.4 Å². The number of aromatic nitrogens is 2. The molecule has 0 saturated carbocycles. The van der Waals surface area contributed by atoms with Gasteiger partial charge in [-0.25, -0.2) is 4.68 Å². The maximum absolute atomic E-state index is 13.8. The highest BCUT2D eigenvalue weighted by atomic mass is 79.9. The summed E-state index contributed by atoms with van der Waals surface area (Å²) in [5, 5.41) is 10.1. The Morgan fingerprint density at radius 3 is 2.52 bits per heavy atom. The predicted octanol–water partition coefficient (Wildman–Crippen LogP) is 6.87. The van der Waals surface area contributed by atoms with Crippen molar-refractivity contribution < 1.29 is 18.0 Å². The van der Waals surface area contributed by atoms with Gasteiger partial charge in [0.25, 0.3) is 5.91 Å². The number of alkyl halides is 3. The molecule has 1 amide bonds. The van der Waals surface area contributed by atoms with Crippen LogP contribution in [0.4, 0.5) is 24.7 Å². The minimum atomic E-state index is -4.53. The SMILES string of the molecule is O=C(Nc1ccc(Cl)c(Cl)c1)c1cnn2c1N[C@@H](c1ccc(Br)cc1)C[C@H]2C(F)(F)F. The molecule has 0 bridgehead atoms. The van der Waals surface area contributed by atoms with E-state index in [9.17, 15) is 18.0 Å². The van der Waals surface area contributed by atoms with Crippen LogP contribution in [0.2, 0.25) is 10.0 Å². The van der Waals surface area contributed by atoms with Gasteiger partial charge in [0.1, 0.15) is 11.4 Å². The van der Waals surface area contributed by atoms with Gasteiger partial charge in [-0.15, -0.1) is 0 Å². The summed E-state index contributed by atoms with van der Waals surface area (Å²) in [5.74, 6) is -0.622. The molecule has 4 rings (SSSR count). The molecule has 0 radical (unpaired) electrons. The summed E-state index contributed by atoms with van der Waals surface area (Å²) in [6.45, 7) is 0. The van der Waals surface area contributed by atoms with Crippen LogP contribution >= 0.6 is 39.1 Å². The second-order valence-corrected chi connectivity index (χ2v) is 8.71. The molecule has 11 heteroatoms. The van der Waals surface area contributed by atoms with Crippen LogP contribution in [0.3, 0.4) is 0 Å². The van der Waals surface area contributed by atoms with E-state index in [2.05, 4.69) is 31.7 Å². The maximum Gasteiger partial charge on any atom is 0.410 e. The number of rotatable bonds is 3. The number of nitrogens with one attached hydrogen (secondary N) is 2. The third kappa shape index (κ3) is 4.53. The number of hydrogen-bond donors (Lipinski definition) is 2. The van der Waals surface area contributed by atoms with Crippen LogP contribution in [0.5, 0.6) is 0 Å². The quantitative estimate of drug-likeness (QED) is 0.386. The van der Waals surface area contributed by atoms with Crippen molar-refractivity contribution in [1.82, 2.24) is 9.78 Å². The first-order chi connectivity index (χ1) is 14.6. The van der Waals surface area contributed by atoms with Crippen molar-refractivity contribution in [2.75, 3.05) is 10.6 Å². The number of benzene rings is 2. The summed E-state index contributed by atoms with van der Waals surface area (Å²) in [5.41, 5.74) is 1.01. The second kappa shape index (κ2) is 8.37. The van der Waals surface area contributed by atoms with E-state index in [1.807, 2.05) is 0 Å². The van der Waals surface area contributed by atoms with Crippen molar-refractivity contribution in [2.24, 2.45) is 0 Å². The van der Waals surface area contributed by atoms with Crippen LogP contribution < -0.4 is 10.6 Å². The molecular weight excluding hydrogens is 520 g/mol. The molecule has 0 spiro atoms. The molecule has 2 aromatic carbocycles. The van der Waals surface area contributed by atoms with Crippen molar-refractivity contribution in [2.45, 2.75) is 24.7 Å². The van der Waals surface area contributed by atoms with Crippen molar-refractivity contribution in [3.8, 4) is 0 Å². The number of carbonyl (C=O) groups excluding carboxylic acids is 1. The number of hydrogen-bond acceptors (Lipinski definition) is 3. The smallest absolute Gasteiger partial charge is 0.363 e. The van der Waals surface area contributed by atoms with Crippen molar-refractivity contribution in [3.63, 3.8) is 0 Å². The summed E-state index contributed by atoms with van der Waals surface area (Å²) in [4.78, 5) is 12.8. The Bertz CT molecular complexity index is 1130. The van der Waals surface area contributed by atoms with E-state index in [1.165, 1.54) is 12.1 Å². The number of halogens is 6. The Hall–Kier alpha value is -2.23. The molecule has 0 saturated heterocycles. The van der Waals surface area contributed by atoms with E-state index in [4.69, 9.17) is 23.2 Å². The monoisotopic (exact) mass is 532 g/mol. The van der Waals surface area contributed by atoms with Crippen molar-refractivity contribution >= 4 is 56.5 Å². The first-order valence-corrected chi connectivity index (χ1v) is 10.6. The van der Waals surface area contributed by atoms with E-state index in [0.717, 1.165) is 15.4 Å². The molecule has 1 aliphatic rings. The van der Waals surface area contributed by atoms with Gasteiger partial charge in [-0.2, -0.15) is 18.3 Å². The van der Waals surface area contributed by atoms with Gasteiger partial charge in [0.15, 0.2) is 6.04 Å². The highest BCUT2D eigenvalue weighted by Gasteiger charge is 2.47. The molecule has 0 fully saturated rings. The average molecular weight is 534 g/mol. The average Bonchev–Trinajstić information content (AvgIpc) is 3.14. The molecule has 2 N–H and O–H groups in total. The van der Waals surface area contributed by atoms with Gasteiger partial charge < -0.3 is 10.6 Å². The molecule has 2 atom stereocenters. The zero-order valence-corrected chi connectivity index (χ0v) is 18.6. The number of amides is 1. The Kier molecular flexibility index (Phi) is 5.93. The summed E-state index contributed by atoms with van der Waals surface area (Å²) < 4.78 is 43.0. The molecule has 5 nitrogen and oxygen atoms in total. The normalized spacial score (nSPS) is 18.3. The fourth-order valence-electron chi connectivity index (χ4n) is 3.41. The van der Waals surface area contributed by atoms with E-state index in [0.29, 0.717) is 16.3 Å².